The molecule has 0 bridgehead atoms. The van der Waals surface area contributed by atoms with Crippen LogP contribution in [0.1, 0.15) is 30.6 Å². The second-order valence-electron chi connectivity index (χ2n) is 5.84. The summed E-state index contributed by atoms with van der Waals surface area (Å²) in [7, 11) is 0. The van der Waals surface area contributed by atoms with Gasteiger partial charge in [-0.05, 0) is 37.1 Å². The molecule has 0 radical (unpaired) electrons. The zero-order valence-electron chi connectivity index (χ0n) is 12.8. The molecule has 2 heterocycles. The Hall–Kier alpha value is -1.72. The van der Waals surface area contributed by atoms with Gasteiger partial charge < -0.3 is 5.11 Å². The predicted molar refractivity (Wildman–Crippen MR) is 82.9 cm³/mol. The van der Waals surface area contributed by atoms with E-state index in [1.165, 1.54) is 17.8 Å². The van der Waals surface area contributed by atoms with Crippen molar-refractivity contribution in [1.29, 1.82) is 0 Å². The molecule has 118 valence electrons. The van der Waals surface area contributed by atoms with Gasteiger partial charge in [-0.3, -0.25) is 9.58 Å². The van der Waals surface area contributed by atoms with Crippen molar-refractivity contribution in [3.63, 3.8) is 0 Å². The van der Waals surface area contributed by atoms with Gasteiger partial charge in [-0.2, -0.15) is 5.10 Å². The SMILES string of the molecule is CCn1nccc1CCN1C[C@H](O)C[C@@H]1c1ccc(F)cc1. The second-order valence-corrected chi connectivity index (χ2v) is 5.84. The summed E-state index contributed by atoms with van der Waals surface area (Å²) in [4.78, 5) is 2.28. The number of halogens is 1. The summed E-state index contributed by atoms with van der Waals surface area (Å²) in [6.07, 6.45) is 3.12. The summed E-state index contributed by atoms with van der Waals surface area (Å²) < 4.78 is 15.1. The predicted octanol–water partition coefficient (Wildman–Crippen LogP) is 2.39. The van der Waals surface area contributed by atoms with E-state index < -0.39 is 0 Å². The van der Waals surface area contributed by atoms with Crippen LogP contribution >= 0.6 is 0 Å². The van der Waals surface area contributed by atoms with E-state index in [9.17, 15) is 9.50 Å². The van der Waals surface area contributed by atoms with Crippen LogP contribution in [0.4, 0.5) is 4.39 Å². The van der Waals surface area contributed by atoms with Crippen LogP contribution in [0.3, 0.4) is 0 Å². The van der Waals surface area contributed by atoms with Crippen molar-refractivity contribution < 1.29 is 9.50 Å². The molecule has 1 aliphatic rings. The van der Waals surface area contributed by atoms with Gasteiger partial charge >= 0.3 is 0 Å². The molecule has 4 nitrogen and oxygen atoms in total. The minimum atomic E-state index is -0.314. The molecule has 0 amide bonds. The molecule has 1 saturated heterocycles. The molecule has 5 heteroatoms. The third kappa shape index (κ3) is 3.20. The van der Waals surface area contributed by atoms with Gasteiger partial charge in [0.05, 0.1) is 6.10 Å². The first-order valence-electron chi connectivity index (χ1n) is 7.85. The quantitative estimate of drug-likeness (QED) is 0.922. The van der Waals surface area contributed by atoms with Crippen LogP contribution in [0.15, 0.2) is 36.5 Å². The van der Waals surface area contributed by atoms with Crippen LogP contribution in [0, 0.1) is 5.82 Å². The van der Waals surface area contributed by atoms with Crippen molar-refractivity contribution in [2.45, 2.75) is 38.5 Å². The number of hydrogen-bond donors (Lipinski definition) is 1. The Morgan fingerprint density at radius 2 is 2.05 bits per heavy atom. The van der Waals surface area contributed by atoms with Gasteiger partial charge in [0.1, 0.15) is 5.82 Å². The maximum Gasteiger partial charge on any atom is 0.123 e. The summed E-state index contributed by atoms with van der Waals surface area (Å²) in [5.41, 5.74) is 2.28. The first-order chi connectivity index (χ1) is 10.7. The lowest BCUT2D eigenvalue weighted by molar-refractivity contribution is 0.175. The number of hydrogen-bond acceptors (Lipinski definition) is 3. The molecule has 1 aliphatic heterocycles. The van der Waals surface area contributed by atoms with E-state index in [4.69, 9.17) is 0 Å². The van der Waals surface area contributed by atoms with Crippen LogP contribution in [-0.4, -0.2) is 39.0 Å². The topological polar surface area (TPSA) is 41.3 Å². The molecule has 2 aromatic rings. The number of likely N-dealkylation sites (tertiary alicyclic amines) is 1. The second kappa shape index (κ2) is 6.58. The minimum absolute atomic E-state index is 0.161. The first kappa shape index (κ1) is 15.2. The number of benzene rings is 1. The molecule has 0 spiro atoms. The van der Waals surface area contributed by atoms with Crippen molar-refractivity contribution in [3.8, 4) is 0 Å². The maximum atomic E-state index is 13.1. The largest absolute Gasteiger partial charge is 0.392 e. The highest BCUT2D eigenvalue weighted by Crippen LogP contribution is 2.32. The van der Waals surface area contributed by atoms with Crippen molar-refractivity contribution in [2.75, 3.05) is 13.1 Å². The summed E-state index contributed by atoms with van der Waals surface area (Å²) >= 11 is 0. The maximum absolute atomic E-state index is 13.1. The Morgan fingerprint density at radius 1 is 1.27 bits per heavy atom. The summed E-state index contributed by atoms with van der Waals surface area (Å²) in [5, 5.41) is 14.3. The average molecular weight is 303 g/mol. The van der Waals surface area contributed by atoms with E-state index in [1.54, 1.807) is 0 Å². The fourth-order valence-electron chi connectivity index (χ4n) is 3.27. The zero-order chi connectivity index (χ0) is 15.5. The van der Waals surface area contributed by atoms with E-state index in [0.717, 1.165) is 25.1 Å². The average Bonchev–Trinajstić information content (AvgIpc) is 3.11. The summed E-state index contributed by atoms with van der Waals surface area (Å²) in [5.74, 6) is -0.222. The van der Waals surface area contributed by atoms with E-state index in [2.05, 4.69) is 16.9 Å². The Balaban J connectivity index is 1.69. The third-order valence-electron chi connectivity index (χ3n) is 4.40. The van der Waals surface area contributed by atoms with Crippen molar-refractivity contribution in [2.24, 2.45) is 0 Å². The van der Waals surface area contributed by atoms with Gasteiger partial charge in [-0.15, -0.1) is 0 Å². The van der Waals surface area contributed by atoms with Crippen molar-refractivity contribution in [1.82, 2.24) is 14.7 Å². The molecular weight excluding hydrogens is 281 g/mol. The highest BCUT2D eigenvalue weighted by Gasteiger charge is 2.31. The molecule has 0 unspecified atom stereocenters. The van der Waals surface area contributed by atoms with Crippen LogP contribution < -0.4 is 0 Å². The molecular formula is C17H22FN3O. The number of aliphatic hydroxyl groups excluding tert-OH is 1. The number of β-amino-alcohol motifs (C(OH)–C–C–N with tert-alkyl or cyclic N) is 1. The van der Waals surface area contributed by atoms with Crippen LogP contribution in [0.25, 0.3) is 0 Å². The molecule has 2 atom stereocenters. The number of aliphatic hydroxyl groups is 1. The monoisotopic (exact) mass is 303 g/mol. The minimum Gasteiger partial charge on any atom is -0.392 e. The van der Waals surface area contributed by atoms with E-state index in [-0.39, 0.29) is 18.0 Å². The lowest BCUT2D eigenvalue weighted by Crippen LogP contribution is -2.27. The van der Waals surface area contributed by atoms with Gasteiger partial charge in [-0.1, -0.05) is 12.1 Å². The van der Waals surface area contributed by atoms with Gasteiger partial charge in [0, 0.05) is 44.0 Å². The van der Waals surface area contributed by atoms with Crippen molar-refractivity contribution in [3.05, 3.63) is 53.6 Å². The van der Waals surface area contributed by atoms with Gasteiger partial charge in [0.25, 0.3) is 0 Å². The molecule has 1 aromatic carbocycles. The fourth-order valence-corrected chi connectivity index (χ4v) is 3.27. The highest BCUT2D eigenvalue weighted by atomic mass is 19.1. The normalized spacial score (nSPS) is 22.3. The first-order valence-corrected chi connectivity index (χ1v) is 7.85. The zero-order valence-corrected chi connectivity index (χ0v) is 12.8. The Morgan fingerprint density at radius 3 is 2.77 bits per heavy atom. The third-order valence-corrected chi connectivity index (χ3v) is 4.40. The highest BCUT2D eigenvalue weighted by molar-refractivity contribution is 5.21. The molecule has 0 saturated carbocycles. The van der Waals surface area contributed by atoms with E-state index >= 15 is 0 Å². The van der Waals surface area contributed by atoms with Crippen LogP contribution in [0.2, 0.25) is 0 Å². The molecule has 0 aliphatic carbocycles. The summed E-state index contributed by atoms with van der Waals surface area (Å²) in [6.45, 7) is 4.48. The van der Waals surface area contributed by atoms with Crippen molar-refractivity contribution >= 4 is 0 Å². The molecule has 1 N–H and O–H groups in total. The lowest BCUT2D eigenvalue weighted by Gasteiger charge is -2.24. The Labute approximate surface area is 130 Å². The number of aromatic nitrogens is 2. The standard InChI is InChI=1S/C17H22FN3O/c1-2-21-15(7-9-19-21)8-10-20-12-16(22)11-17(20)13-3-5-14(18)6-4-13/h3-7,9,16-17,22H,2,8,10-12H2,1H3/t16-,17-/m1/s1. The molecule has 1 aromatic heterocycles. The molecule has 3 rings (SSSR count). The fraction of sp³-hybridized carbons (Fsp3) is 0.471. The van der Waals surface area contributed by atoms with Crippen LogP contribution in [0.5, 0.6) is 0 Å². The Bertz CT molecular complexity index is 611. The number of aryl methyl sites for hydroxylation is 1. The number of nitrogens with zero attached hydrogens (tertiary/aromatic N) is 3. The summed E-state index contributed by atoms with van der Waals surface area (Å²) in [6, 6.07) is 8.83. The van der Waals surface area contributed by atoms with Gasteiger partial charge in [0.2, 0.25) is 0 Å². The smallest absolute Gasteiger partial charge is 0.123 e. The van der Waals surface area contributed by atoms with E-state index in [0.29, 0.717) is 13.0 Å². The number of rotatable bonds is 5. The van der Waals surface area contributed by atoms with Gasteiger partial charge in [0.15, 0.2) is 0 Å². The Kier molecular flexibility index (Phi) is 4.55. The van der Waals surface area contributed by atoms with Crippen LogP contribution in [-0.2, 0) is 13.0 Å². The molecule has 22 heavy (non-hydrogen) atoms. The molecule has 1 fully saturated rings. The lowest BCUT2D eigenvalue weighted by atomic mass is 10.0. The van der Waals surface area contributed by atoms with E-state index in [1.807, 2.05) is 29.1 Å². The van der Waals surface area contributed by atoms with Gasteiger partial charge in [-0.25, -0.2) is 4.39 Å².